The molecule has 2 aromatic heterocycles. The van der Waals surface area contributed by atoms with Crippen LogP contribution in [0.1, 0.15) is 44.1 Å². The van der Waals surface area contributed by atoms with Gasteiger partial charge in [-0.2, -0.15) is 23.1 Å². The van der Waals surface area contributed by atoms with Crippen molar-refractivity contribution in [3.05, 3.63) is 34.6 Å². The Labute approximate surface area is 204 Å². The third kappa shape index (κ3) is 4.89. The predicted octanol–water partition coefficient (Wildman–Crippen LogP) is 5.34. The maximum atomic E-state index is 13.2. The minimum absolute atomic E-state index is 0.0612. The van der Waals surface area contributed by atoms with Gasteiger partial charge in [0.25, 0.3) is 0 Å². The minimum Gasteiger partial charge on any atom is -0.424 e. The summed E-state index contributed by atoms with van der Waals surface area (Å²) in [5.41, 5.74) is -0.895. The van der Waals surface area contributed by atoms with Crippen LogP contribution in [0.25, 0.3) is 0 Å². The van der Waals surface area contributed by atoms with Crippen molar-refractivity contribution >= 4 is 23.6 Å². The van der Waals surface area contributed by atoms with Crippen molar-refractivity contribution in [2.45, 2.75) is 51.9 Å². The molecule has 3 heterocycles. The molecule has 1 saturated heterocycles. The fourth-order valence-corrected chi connectivity index (χ4v) is 5.07. The Bertz CT molecular complexity index is 1200. The second-order valence-electron chi connectivity index (χ2n) is 9.33. The summed E-state index contributed by atoms with van der Waals surface area (Å²) in [5.74, 6) is 1.58. The fourth-order valence-electron chi connectivity index (χ4n) is 4.84. The van der Waals surface area contributed by atoms with Crippen LogP contribution in [-0.4, -0.2) is 44.0 Å². The lowest BCUT2D eigenvalue weighted by Crippen LogP contribution is -2.48. The number of fused-ring (bicyclic) bond motifs is 2. The average molecular weight is 512 g/mol. The van der Waals surface area contributed by atoms with E-state index in [-0.39, 0.29) is 28.9 Å². The molecular weight excluding hydrogens is 487 g/mol. The van der Waals surface area contributed by atoms with E-state index in [2.05, 4.69) is 30.4 Å². The lowest BCUT2D eigenvalue weighted by molar-refractivity contribution is -0.137. The molecule has 2 bridgehead atoms. The van der Waals surface area contributed by atoms with Gasteiger partial charge in [-0.05, 0) is 63.6 Å². The summed E-state index contributed by atoms with van der Waals surface area (Å²) in [5, 5.41) is 11.8. The molecule has 9 nitrogen and oxygen atoms in total. The van der Waals surface area contributed by atoms with Gasteiger partial charge in [-0.15, -0.1) is 5.10 Å². The number of aryl methyl sites for hydroxylation is 1. The fraction of sp³-hybridized carbons (Fsp3) is 0.545. The number of hydrogen-bond acceptors (Lipinski definition) is 8. The molecule has 1 aromatic carbocycles. The van der Waals surface area contributed by atoms with E-state index in [1.165, 1.54) is 10.7 Å². The summed E-state index contributed by atoms with van der Waals surface area (Å²) in [4.78, 5) is 10.9. The van der Waals surface area contributed by atoms with Gasteiger partial charge in [0.2, 0.25) is 5.95 Å². The van der Waals surface area contributed by atoms with Crippen molar-refractivity contribution in [2.24, 2.45) is 11.8 Å². The highest BCUT2D eigenvalue weighted by molar-refractivity contribution is 6.30. The van der Waals surface area contributed by atoms with Gasteiger partial charge in [0.15, 0.2) is 5.82 Å². The quantitative estimate of drug-likeness (QED) is 0.474. The first-order valence-electron chi connectivity index (χ1n) is 11.4. The van der Waals surface area contributed by atoms with Crippen LogP contribution in [-0.2, 0) is 6.18 Å². The standard InChI is InChI=1S/C22H25ClF3N7O2/c1-11(2)33-21(34-17-7-15(22(24,25)26)6-16(23)8-17)29-19(30-33)28-18-13-4-5-14(18)10-32(9-13)20-27-12(3)31-35-20/h6-8,11,13-14,18H,4-5,9-10H2,1-3H3,(H,28,30)/t13-,14+,18-. The molecule has 0 unspecified atom stereocenters. The average Bonchev–Trinajstić information content (AvgIpc) is 3.43. The molecule has 2 fully saturated rings. The van der Waals surface area contributed by atoms with Crippen molar-refractivity contribution < 1.29 is 22.4 Å². The highest BCUT2D eigenvalue weighted by Crippen LogP contribution is 2.40. The molecule has 0 radical (unpaired) electrons. The molecular formula is C22H25ClF3N7O2. The van der Waals surface area contributed by atoms with Crippen molar-refractivity contribution in [1.82, 2.24) is 24.9 Å². The molecule has 188 valence electrons. The van der Waals surface area contributed by atoms with Gasteiger partial charge in [0.1, 0.15) is 5.75 Å². The maximum Gasteiger partial charge on any atom is 0.416 e. The Morgan fingerprint density at radius 1 is 1.14 bits per heavy atom. The topological polar surface area (TPSA) is 94.1 Å². The number of rotatable bonds is 6. The molecule has 35 heavy (non-hydrogen) atoms. The summed E-state index contributed by atoms with van der Waals surface area (Å²) < 4.78 is 52.2. The van der Waals surface area contributed by atoms with Gasteiger partial charge in [0.05, 0.1) is 11.6 Å². The number of ether oxygens (including phenoxy) is 1. The summed E-state index contributed by atoms with van der Waals surface area (Å²) >= 11 is 5.90. The van der Waals surface area contributed by atoms with Crippen molar-refractivity contribution in [3.63, 3.8) is 0 Å². The molecule has 1 aliphatic heterocycles. The predicted molar refractivity (Wildman–Crippen MR) is 122 cm³/mol. The van der Waals surface area contributed by atoms with Crippen LogP contribution in [0, 0.1) is 18.8 Å². The van der Waals surface area contributed by atoms with Crippen LogP contribution in [0.2, 0.25) is 5.02 Å². The highest BCUT2D eigenvalue weighted by atomic mass is 35.5. The Balaban J connectivity index is 1.34. The Kier molecular flexibility index (Phi) is 6.02. The third-order valence-corrected chi connectivity index (χ3v) is 6.63. The van der Waals surface area contributed by atoms with Gasteiger partial charge in [-0.25, -0.2) is 4.68 Å². The summed E-state index contributed by atoms with van der Waals surface area (Å²) in [7, 11) is 0. The highest BCUT2D eigenvalue weighted by Gasteiger charge is 2.44. The van der Waals surface area contributed by atoms with Crippen LogP contribution >= 0.6 is 11.6 Å². The smallest absolute Gasteiger partial charge is 0.416 e. The van der Waals surface area contributed by atoms with Gasteiger partial charge in [-0.3, -0.25) is 0 Å². The Morgan fingerprint density at radius 3 is 2.46 bits per heavy atom. The van der Waals surface area contributed by atoms with E-state index in [1.807, 2.05) is 13.8 Å². The van der Waals surface area contributed by atoms with Crippen LogP contribution in [0.4, 0.5) is 25.1 Å². The lowest BCUT2D eigenvalue weighted by Gasteiger charge is -2.37. The zero-order valence-electron chi connectivity index (χ0n) is 19.4. The van der Waals surface area contributed by atoms with E-state index in [9.17, 15) is 13.2 Å². The molecule has 3 aromatic rings. The van der Waals surface area contributed by atoms with E-state index in [0.717, 1.165) is 38.1 Å². The molecule has 3 atom stereocenters. The van der Waals surface area contributed by atoms with E-state index in [0.29, 0.717) is 29.6 Å². The number of nitrogens with zero attached hydrogens (tertiary/aromatic N) is 6. The van der Waals surface area contributed by atoms with E-state index >= 15 is 0 Å². The number of nitrogens with one attached hydrogen (secondary N) is 1. The zero-order valence-corrected chi connectivity index (χ0v) is 20.1. The number of halogens is 4. The molecule has 13 heteroatoms. The van der Waals surface area contributed by atoms with Gasteiger partial charge in [0, 0.05) is 24.2 Å². The Hall–Kier alpha value is -3.02. The van der Waals surface area contributed by atoms with Crippen LogP contribution in [0.5, 0.6) is 11.8 Å². The van der Waals surface area contributed by atoms with Gasteiger partial charge >= 0.3 is 18.2 Å². The second-order valence-corrected chi connectivity index (χ2v) is 9.76. The van der Waals surface area contributed by atoms with Crippen LogP contribution in [0.3, 0.4) is 0 Å². The number of benzene rings is 1. The molecule has 1 N–H and O–H groups in total. The molecule has 1 saturated carbocycles. The first-order valence-corrected chi connectivity index (χ1v) is 11.8. The summed E-state index contributed by atoms with van der Waals surface area (Å²) in [6, 6.07) is 3.71. The number of anilines is 2. The minimum atomic E-state index is -4.55. The number of piperidine rings is 1. The van der Waals surface area contributed by atoms with Crippen LogP contribution < -0.4 is 15.0 Å². The molecule has 5 rings (SSSR count). The number of hydrogen-bond donors (Lipinski definition) is 1. The van der Waals surface area contributed by atoms with E-state index in [1.54, 1.807) is 6.92 Å². The molecule has 2 aliphatic rings. The summed E-state index contributed by atoms with van der Waals surface area (Å²) in [6.45, 7) is 7.11. The van der Waals surface area contributed by atoms with Crippen molar-refractivity contribution in [3.8, 4) is 11.8 Å². The van der Waals surface area contributed by atoms with E-state index < -0.39 is 11.7 Å². The number of aromatic nitrogens is 5. The Morgan fingerprint density at radius 2 is 1.86 bits per heavy atom. The maximum absolute atomic E-state index is 13.2. The largest absolute Gasteiger partial charge is 0.424 e. The number of alkyl halides is 3. The second kappa shape index (κ2) is 8.89. The summed E-state index contributed by atoms with van der Waals surface area (Å²) in [6.07, 6.45) is -2.46. The normalized spacial score (nSPS) is 22.2. The SMILES string of the molecule is Cc1noc(N2C[C@H]3CC[C@@H](C2)[C@@H]3Nc2nc(Oc3cc(Cl)cc(C(F)(F)F)c3)n(C(C)C)n2)n1. The first kappa shape index (κ1) is 23.7. The molecule has 0 spiro atoms. The van der Waals surface area contributed by atoms with Crippen LogP contribution in [0.15, 0.2) is 22.7 Å². The van der Waals surface area contributed by atoms with Crippen molar-refractivity contribution in [2.75, 3.05) is 23.3 Å². The third-order valence-electron chi connectivity index (χ3n) is 6.41. The zero-order chi connectivity index (χ0) is 24.9. The van der Waals surface area contributed by atoms with Crippen molar-refractivity contribution in [1.29, 1.82) is 0 Å². The monoisotopic (exact) mass is 511 g/mol. The molecule has 1 aliphatic carbocycles. The van der Waals surface area contributed by atoms with E-state index in [4.69, 9.17) is 20.9 Å². The lowest BCUT2D eigenvalue weighted by atomic mass is 9.92. The first-order chi connectivity index (χ1) is 16.6. The van der Waals surface area contributed by atoms with Gasteiger partial charge in [-0.1, -0.05) is 16.8 Å². The van der Waals surface area contributed by atoms with Gasteiger partial charge < -0.3 is 19.5 Å². The molecule has 0 amide bonds.